The summed E-state index contributed by atoms with van der Waals surface area (Å²) in [4.78, 5) is 23.8. The minimum Gasteiger partial charge on any atom is -0.463 e. The molecule has 0 radical (unpaired) electrons. The van der Waals surface area contributed by atoms with Crippen molar-refractivity contribution in [2.45, 2.75) is 92.5 Å². The standard InChI is InChI=1S/C24H48N2O7/c1-21(2,3)19(29)32-15-23(7,8)25-11-17(27)13-31-14-18(28)12-26-24(9,10)16-33-20(30)22(4,5)6/h17-18,25-28H,11-16H2,1-10H3. The molecule has 0 aromatic carbocycles. The van der Waals surface area contributed by atoms with E-state index in [0.717, 1.165) is 0 Å². The molecule has 0 aliphatic heterocycles. The van der Waals surface area contributed by atoms with Crippen LogP contribution in [0.15, 0.2) is 0 Å². The number of esters is 2. The van der Waals surface area contributed by atoms with Crippen molar-refractivity contribution in [1.82, 2.24) is 10.6 Å². The summed E-state index contributed by atoms with van der Waals surface area (Å²) in [5.41, 5.74) is -2.14. The molecule has 0 bridgehead atoms. The second-order valence-electron chi connectivity index (χ2n) is 12.0. The average molecular weight is 477 g/mol. The number of hydrogen-bond acceptors (Lipinski definition) is 9. The summed E-state index contributed by atoms with van der Waals surface area (Å²) in [6, 6.07) is 0. The van der Waals surface area contributed by atoms with Gasteiger partial charge in [0.15, 0.2) is 0 Å². The molecule has 0 aliphatic carbocycles. The lowest BCUT2D eigenvalue weighted by molar-refractivity contribution is -0.155. The van der Waals surface area contributed by atoms with Gasteiger partial charge in [-0.05, 0) is 69.2 Å². The average Bonchev–Trinajstić information content (AvgIpc) is 2.66. The monoisotopic (exact) mass is 476 g/mol. The molecule has 0 spiro atoms. The van der Waals surface area contributed by atoms with Crippen molar-refractivity contribution < 1.29 is 34.0 Å². The molecule has 0 aromatic heterocycles. The lowest BCUT2D eigenvalue weighted by Gasteiger charge is -2.29. The Balaban J connectivity index is 4.15. The maximum Gasteiger partial charge on any atom is 0.311 e. The second-order valence-corrected chi connectivity index (χ2v) is 12.0. The first-order chi connectivity index (χ1) is 14.8. The molecule has 33 heavy (non-hydrogen) atoms. The van der Waals surface area contributed by atoms with Crippen molar-refractivity contribution in [3.05, 3.63) is 0 Å². The predicted molar refractivity (Wildman–Crippen MR) is 128 cm³/mol. The van der Waals surface area contributed by atoms with Gasteiger partial charge in [-0.1, -0.05) is 0 Å². The van der Waals surface area contributed by atoms with Crippen molar-refractivity contribution in [2.24, 2.45) is 10.8 Å². The smallest absolute Gasteiger partial charge is 0.311 e. The van der Waals surface area contributed by atoms with Gasteiger partial charge in [0.25, 0.3) is 0 Å². The van der Waals surface area contributed by atoms with Gasteiger partial charge in [0.05, 0.1) is 36.3 Å². The van der Waals surface area contributed by atoms with Gasteiger partial charge in [-0.25, -0.2) is 0 Å². The quantitative estimate of drug-likeness (QED) is 0.277. The van der Waals surface area contributed by atoms with E-state index >= 15 is 0 Å². The highest BCUT2D eigenvalue weighted by Crippen LogP contribution is 2.17. The van der Waals surface area contributed by atoms with Gasteiger partial charge in [-0.3, -0.25) is 9.59 Å². The number of aliphatic hydroxyl groups excluding tert-OH is 2. The van der Waals surface area contributed by atoms with E-state index in [2.05, 4.69) is 10.6 Å². The zero-order valence-corrected chi connectivity index (χ0v) is 22.3. The summed E-state index contributed by atoms with van der Waals surface area (Å²) in [5.74, 6) is -0.557. The maximum atomic E-state index is 11.9. The minimum absolute atomic E-state index is 0.0501. The molecule has 4 N–H and O–H groups in total. The molecule has 0 saturated carbocycles. The fraction of sp³-hybridized carbons (Fsp3) is 0.917. The van der Waals surface area contributed by atoms with Crippen LogP contribution in [0.1, 0.15) is 69.2 Å². The van der Waals surface area contributed by atoms with Crippen molar-refractivity contribution in [1.29, 1.82) is 0 Å². The summed E-state index contributed by atoms with van der Waals surface area (Å²) in [6.07, 6.45) is -1.56. The van der Waals surface area contributed by atoms with E-state index in [0.29, 0.717) is 0 Å². The number of carbonyl (C=O) groups is 2. The van der Waals surface area contributed by atoms with E-state index in [9.17, 15) is 19.8 Å². The number of hydrogen-bond donors (Lipinski definition) is 4. The molecular formula is C24H48N2O7. The van der Waals surface area contributed by atoms with Crippen LogP contribution in [0, 0.1) is 10.8 Å². The number of β-amino-alcohol motifs (C(OH)–C–C–N with tert-alkyl or cyclic N) is 2. The van der Waals surface area contributed by atoms with Crippen molar-refractivity contribution in [3.63, 3.8) is 0 Å². The van der Waals surface area contributed by atoms with Gasteiger partial charge >= 0.3 is 11.9 Å². The Kier molecular flexibility index (Phi) is 12.5. The molecule has 0 fully saturated rings. The Hall–Kier alpha value is -1.26. The summed E-state index contributed by atoms with van der Waals surface area (Å²) in [5, 5.41) is 26.6. The van der Waals surface area contributed by atoms with E-state index in [-0.39, 0.29) is 51.5 Å². The molecule has 0 rings (SSSR count). The Labute approximate surface area is 199 Å². The number of carbonyl (C=O) groups excluding carboxylic acids is 2. The fourth-order valence-electron chi connectivity index (χ4n) is 2.27. The molecular weight excluding hydrogens is 428 g/mol. The van der Waals surface area contributed by atoms with Gasteiger partial charge in [0, 0.05) is 24.2 Å². The molecule has 9 heteroatoms. The summed E-state index contributed by atoms with van der Waals surface area (Å²) in [6.45, 7) is 19.3. The molecule has 0 amide bonds. The highest BCUT2D eigenvalue weighted by Gasteiger charge is 2.28. The van der Waals surface area contributed by atoms with E-state index < -0.39 is 34.1 Å². The molecule has 9 nitrogen and oxygen atoms in total. The van der Waals surface area contributed by atoms with Crippen LogP contribution in [0.5, 0.6) is 0 Å². The lowest BCUT2D eigenvalue weighted by Crippen LogP contribution is -2.49. The van der Waals surface area contributed by atoms with Crippen molar-refractivity contribution in [2.75, 3.05) is 39.5 Å². The largest absolute Gasteiger partial charge is 0.463 e. The van der Waals surface area contributed by atoms with Crippen LogP contribution in [0.4, 0.5) is 0 Å². The Morgan fingerprint density at radius 1 is 0.667 bits per heavy atom. The second kappa shape index (κ2) is 13.0. The number of nitrogens with one attached hydrogen (secondary N) is 2. The molecule has 2 unspecified atom stereocenters. The molecule has 0 heterocycles. The predicted octanol–water partition coefficient (Wildman–Crippen LogP) is 1.64. The molecule has 196 valence electrons. The molecule has 0 aliphatic rings. The highest BCUT2D eigenvalue weighted by atomic mass is 16.5. The Morgan fingerprint density at radius 3 is 1.24 bits per heavy atom. The Bertz CT molecular complexity index is 555. The van der Waals surface area contributed by atoms with E-state index in [1.807, 2.05) is 27.7 Å². The molecule has 0 aromatic rings. The number of rotatable bonds is 14. The van der Waals surface area contributed by atoms with Gasteiger partial charge in [0.1, 0.15) is 13.2 Å². The highest BCUT2D eigenvalue weighted by molar-refractivity contribution is 5.75. The third-order valence-corrected chi connectivity index (χ3v) is 4.61. The van der Waals surface area contributed by atoms with Crippen LogP contribution in [0.3, 0.4) is 0 Å². The Morgan fingerprint density at radius 2 is 0.970 bits per heavy atom. The minimum atomic E-state index is -0.781. The van der Waals surface area contributed by atoms with Gasteiger partial charge in [-0.15, -0.1) is 0 Å². The van der Waals surface area contributed by atoms with E-state index in [1.54, 1.807) is 41.5 Å². The number of aliphatic hydroxyl groups is 2. The van der Waals surface area contributed by atoms with E-state index in [1.165, 1.54) is 0 Å². The number of ether oxygens (including phenoxy) is 3. The van der Waals surface area contributed by atoms with Crippen molar-refractivity contribution in [3.8, 4) is 0 Å². The third kappa shape index (κ3) is 15.3. The van der Waals surface area contributed by atoms with Gasteiger partial charge in [0.2, 0.25) is 0 Å². The van der Waals surface area contributed by atoms with Crippen LogP contribution in [-0.2, 0) is 23.8 Å². The molecule has 0 saturated heterocycles. The van der Waals surface area contributed by atoms with Gasteiger partial charge < -0.3 is 35.1 Å². The maximum absolute atomic E-state index is 11.9. The van der Waals surface area contributed by atoms with Crippen LogP contribution in [-0.4, -0.2) is 85.0 Å². The normalized spacial score (nSPS) is 15.2. The first-order valence-electron chi connectivity index (χ1n) is 11.5. The summed E-state index contributed by atoms with van der Waals surface area (Å²) < 4.78 is 16.1. The summed E-state index contributed by atoms with van der Waals surface area (Å²) >= 11 is 0. The van der Waals surface area contributed by atoms with Crippen LogP contribution in [0.2, 0.25) is 0 Å². The van der Waals surface area contributed by atoms with Crippen LogP contribution >= 0.6 is 0 Å². The topological polar surface area (TPSA) is 126 Å². The summed E-state index contributed by atoms with van der Waals surface area (Å²) in [7, 11) is 0. The zero-order chi connectivity index (χ0) is 26.1. The van der Waals surface area contributed by atoms with Crippen LogP contribution in [0.25, 0.3) is 0 Å². The lowest BCUT2D eigenvalue weighted by atomic mass is 9.97. The zero-order valence-electron chi connectivity index (χ0n) is 22.3. The van der Waals surface area contributed by atoms with Crippen molar-refractivity contribution >= 4 is 11.9 Å². The van der Waals surface area contributed by atoms with E-state index in [4.69, 9.17) is 14.2 Å². The van der Waals surface area contributed by atoms with Gasteiger partial charge in [-0.2, -0.15) is 0 Å². The first kappa shape index (κ1) is 31.7. The van der Waals surface area contributed by atoms with Crippen LogP contribution < -0.4 is 10.6 Å². The molecule has 2 atom stereocenters. The fourth-order valence-corrected chi connectivity index (χ4v) is 2.27. The first-order valence-corrected chi connectivity index (χ1v) is 11.5. The SMILES string of the molecule is CC(C)(COC(=O)C(C)(C)C)NCC(O)COCC(O)CNC(C)(C)COC(=O)C(C)(C)C. The third-order valence-electron chi connectivity index (χ3n) is 4.61.